The quantitative estimate of drug-likeness (QED) is 0.844. The molecule has 142 valence electrons. The lowest BCUT2D eigenvalue weighted by Gasteiger charge is -2.21. The van der Waals surface area contributed by atoms with Crippen LogP contribution in [0.1, 0.15) is 31.7 Å². The number of halogens is 1. The molecule has 1 unspecified atom stereocenters. The highest BCUT2D eigenvalue weighted by atomic mass is 19.1. The van der Waals surface area contributed by atoms with Crippen LogP contribution in [0.15, 0.2) is 18.2 Å². The molecule has 2 heterocycles. The molecule has 1 aromatic carbocycles. The molecule has 0 aliphatic carbocycles. The largest absolute Gasteiger partial charge is 0.491 e. The van der Waals surface area contributed by atoms with Crippen LogP contribution in [0, 0.1) is 11.7 Å². The molecule has 0 spiro atoms. The summed E-state index contributed by atoms with van der Waals surface area (Å²) in [6, 6.07) is 4.57. The second-order valence-corrected chi connectivity index (χ2v) is 6.90. The molecule has 1 atom stereocenters. The van der Waals surface area contributed by atoms with Crippen LogP contribution in [-0.4, -0.2) is 54.5 Å². The molecule has 7 heteroatoms. The SMILES string of the molecule is CCOc1ccc(CNC(=O)N2CCC(CN3CCCC3=O)C2)cc1F. The number of rotatable bonds is 6. The zero-order chi connectivity index (χ0) is 18.5. The van der Waals surface area contributed by atoms with Gasteiger partial charge < -0.3 is 19.9 Å². The third-order valence-electron chi connectivity index (χ3n) is 4.96. The van der Waals surface area contributed by atoms with Crippen LogP contribution >= 0.6 is 0 Å². The van der Waals surface area contributed by atoms with Gasteiger partial charge in [0.15, 0.2) is 11.6 Å². The molecule has 2 aliphatic heterocycles. The minimum Gasteiger partial charge on any atom is -0.491 e. The van der Waals surface area contributed by atoms with Crippen molar-refractivity contribution in [1.29, 1.82) is 0 Å². The number of carbonyl (C=O) groups excluding carboxylic acids is 2. The summed E-state index contributed by atoms with van der Waals surface area (Å²) < 4.78 is 19.0. The van der Waals surface area contributed by atoms with Crippen LogP contribution in [0.5, 0.6) is 5.75 Å². The lowest BCUT2D eigenvalue weighted by molar-refractivity contribution is -0.128. The Morgan fingerprint density at radius 3 is 2.92 bits per heavy atom. The summed E-state index contributed by atoms with van der Waals surface area (Å²) in [6.45, 7) is 5.41. The van der Waals surface area contributed by atoms with Gasteiger partial charge in [0.05, 0.1) is 6.61 Å². The van der Waals surface area contributed by atoms with Crippen molar-refractivity contribution in [3.63, 3.8) is 0 Å². The zero-order valence-electron chi connectivity index (χ0n) is 15.2. The average Bonchev–Trinajstić information content (AvgIpc) is 3.25. The Kier molecular flexibility index (Phi) is 5.96. The summed E-state index contributed by atoms with van der Waals surface area (Å²) in [5, 5.41) is 2.84. The van der Waals surface area contributed by atoms with E-state index < -0.39 is 5.82 Å². The summed E-state index contributed by atoms with van der Waals surface area (Å²) in [6.07, 6.45) is 2.50. The van der Waals surface area contributed by atoms with Crippen molar-refractivity contribution in [3.05, 3.63) is 29.6 Å². The normalized spacial score (nSPS) is 19.9. The highest BCUT2D eigenvalue weighted by Gasteiger charge is 2.30. The van der Waals surface area contributed by atoms with Crippen LogP contribution in [0.4, 0.5) is 9.18 Å². The van der Waals surface area contributed by atoms with E-state index in [0.717, 1.165) is 25.9 Å². The molecular weight excluding hydrogens is 337 g/mol. The van der Waals surface area contributed by atoms with Gasteiger partial charge in [-0.3, -0.25) is 4.79 Å². The molecule has 6 nitrogen and oxygen atoms in total. The number of amides is 3. The van der Waals surface area contributed by atoms with E-state index in [1.54, 1.807) is 24.0 Å². The average molecular weight is 363 g/mol. The molecule has 0 radical (unpaired) electrons. The third kappa shape index (κ3) is 4.45. The van der Waals surface area contributed by atoms with Crippen LogP contribution in [-0.2, 0) is 11.3 Å². The van der Waals surface area contributed by atoms with E-state index in [9.17, 15) is 14.0 Å². The molecular formula is C19H26FN3O3. The van der Waals surface area contributed by atoms with Gasteiger partial charge >= 0.3 is 6.03 Å². The predicted molar refractivity (Wildman–Crippen MR) is 95.3 cm³/mol. The van der Waals surface area contributed by atoms with Crippen LogP contribution in [0.25, 0.3) is 0 Å². The number of benzene rings is 1. The smallest absolute Gasteiger partial charge is 0.317 e. The fourth-order valence-electron chi connectivity index (χ4n) is 3.59. The minimum absolute atomic E-state index is 0.144. The topological polar surface area (TPSA) is 61.9 Å². The Bertz CT molecular complexity index is 667. The van der Waals surface area contributed by atoms with E-state index in [0.29, 0.717) is 37.6 Å². The van der Waals surface area contributed by atoms with E-state index >= 15 is 0 Å². The van der Waals surface area contributed by atoms with Gasteiger partial charge in [0.2, 0.25) is 5.91 Å². The van der Waals surface area contributed by atoms with E-state index in [1.165, 1.54) is 6.07 Å². The number of carbonyl (C=O) groups is 2. The summed E-state index contributed by atoms with van der Waals surface area (Å²) in [5.74, 6) is 0.368. The van der Waals surface area contributed by atoms with Gasteiger partial charge in [-0.25, -0.2) is 9.18 Å². The first kappa shape index (κ1) is 18.5. The highest BCUT2D eigenvalue weighted by molar-refractivity contribution is 5.78. The molecule has 26 heavy (non-hydrogen) atoms. The third-order valence-corrected chi connectivity index (χ3v) is 4.96. The van der Waals surface area contributed by atoms with Crippen LogP contribution in [0.2, 0.25) is 0 Å². The molecule has 0 saturated carbocycles. The van der Waals surface area contributed by atoms with Gasteiger partial charge in [0.1, 0.15) is 0 Å². The van der Waals surface area contributed by atoms with Crippen molar-refractivity contribution >= 4 is 11.9 Å². The second kappa shape index (κ2) is 8.38. The summed E-state index contributed by atoms with van der Waals surface area (Å²) >= 11 is 0. The molecule has 1 aromatic rings. The Morgan fingerprint density at radius 1 is 1.38 bits per heavy atom. The predicted octanol–water partition coefficient (Wildman–Crippen LogP) is 2.38. The van der Waals surface area contributed by atoms with Crippen molar-refractivity contribution < 1.29 is 18.7 Å². The molecule has 0 bridgehead atoms. The first-order chi connectivity index (χ1) is 12.6. The maximum atomic E-state index is 13.9. The first-order valence-corrected chi connectivity index (χ1v) is 9.28. The van der Waals surface area contributed by atoms with Gasteiger partial charge in [-0.2, -0.15) is 0 Å². The number of nitrogens with zero attached hydrogens (tertiary/aromatic N) is 2. The number of hydrogen-bond donors (Lipinski definition) is 1. The van der Waals surface area contributed by atoms with Crippen molar-refractivity contribution in [2.75, 3.05) is 32.8 Å². The summed E-state index contributed by atoms with van der Waals surface area (Å²) in [7, 11) is 0. The van der Waals surface area contributed by atoms with Gasteiger partial charge in [-0.1, -0.05) is 6.07 Å². The number of likely N-dealkylation sites (tertiary alicyclic amines) is 2. The van der Waals surface area contributed by atoms with Crippen molar-refractivity contribution in [2.45, 2.75) is 32.7 Å². The highest BCUT2D eigenvalue weighted by Crippen LogP contribution is 2.21. The monoisotopic (exact) mass is 363 g/mol. The number of ether oxygens (including phenoxy) is 1. The minimum atomic E-state index is -0.421. The summed E-state index contributed by atoms with van der Waals surface area (Å²) in [5.41, 5.74) is 0.692. The fraction of sp³-hybridized carbons (Fsp3) is 0.579. The van der Waals surface area contributed by atoms with Gasteiger partial charge in [-0.05, 0) is 43.4 Å². The van der Waals surface area contributed by atoms with Crippen molar-refractivity contribution in [2.24, 2.45) is 5.92 Å². The number of hydrogen-bond acceptors (Lipinski definition) is 3. The van der Waals surface area contributed by atoms with Crippen LogP contribution in [0.3, 0.4) is 0 Å². The molecule has 3 rings (SSSR count). The first-order valence-electron chi connectivity index (χ1n) is 9.28. The lowest BCUT2D eigenvalue weighted by atomic mass is 10.1. The lowest BCUT2D eigenvalue weighted by Crippen LogP contribution is -2.39. The molecule has 2 aliphatic rings. The van der Waals surface area contributed by atoms with Crippen molar-refractivity contribution in [3.8, 4) is 5.75 Å². The van der Waals surface area contributed by atoms with E-state index in [4.69, 9.17) is 4.74 Å². The molecule has 2 fully saturated rings. The van der Waals surface area contributed by atoms with Crippen LogP contribution < -0.4 is 10.1 Å². The molecule has 3 amide bonds. The Morgan fingerprint density at radius 2 is 2.23 bits per heavy atom. The van der Waals surface area contributed by atoms with Gasteiger partial charge in [-0.15, -0.1) is 0 Å². The number of nitrogens with one attached hydrogen (secondary N) is 1. The van der Waals surface area contributed by atoms with Crippen molar-refractivity contribution in [1.82, 2.24) is 15.1 Å². The van der Waals surface area contributed by atoms with Gasteiger partial charge in [0.25, 0.3) is 0 Å². The number of urea groups is 1. The molecule has 0 aromatic heterocycles. The summed E-state index contributed by atoms with van der Waals surface area (Å²) in [4.78, 5) is 27.7. The van der Waals surface area contributed by atoms with Gasteiger partial charge in [0, 0.05) is 39.1 Å². The Balaban J connectivity index is 1.45. The van der Waals surface area contributed by atoms with E-state index in [2.05, 4.69) is 5.32 Å². The Hall–Kier alpha value is -2.31. The standard InChI is InChI=1S/C19H26FN3O3/c1-2-26-17-6-5-14(10-16(17)20)11-21-19(25)23-9-7-15(13-23)12-22-8-3-4-18(22)24/h5-6,10,15H,2-4,7-9,11-13H2,1H3,(H,21,25). The second-order valence-electron chi connectivity index (χ2n) is 6.90. The maximum Gasteiger partial charge on any atom is 0.317 e. The fourth-order valence-corrected chi connectivity index (χ4v) is 3.59. The van der Waals surface area contributed by atoms with E-state index in [-0.39, 0.29) is 24.2 Å². The zero-order valence-corrected chi connectivity index (χ0v) is 15.2. The van der Waals surface area contributed by atoms with E-state index in [1.807, 2.05) is 4.90 Å². The molecule has 1 N–H and O–H groups in total. The molecule has 2 saturated heterocycles. The Labute approximate surface area is 153 Å². The maximum absolute atomic E-state index is 13.9.